The summed E-state index contributed by atoms with van der Waals surface area (Å²) in [5.74, 6) is 1.27. The third kappa shape index (κ3) is 2.38. The Morgan fingerprint density at radius 1 is 1.21 bits per heavy atom. The van der Waals surface area contributed by atoms with E-state index < -0.39 is 0 Å². The standard InChI is InChI=1S/C14H18N2O3/c15-14(17)11-8-16-7-10(11)9-2-3-12-13(6-9)19-5-1-4-18-12/h2-3,6,10-11,16H,1,4-5,7-8H2,(H2,15,17). The van der Waals surface area contributed by atoms with Crippen molar-refractivity contribution in [2.24, 2.45) is 11.7 Å². The minimum Gasteiger partial charge on any atom is -0.490 e. The molecule has 2 aliphatic rings. The Balaban J connectivity index is 1.89. The van der Waals surface area contributed by atoms with Crippen LogP contribution in [0, 0.1) is 5.92 Å². The monoisotopic (exact) mass is 262 g/mol. The summed E-state index contributed by atoms with van der Waals surface area (Å²) in [6, 6.07) is 5.90. The summed E-state index contributed by atoms with van der Waals surface area (Å²) in [4.78, 5) is 11.5. The first-order valence-corrected chi connectivity index (χ1v) is 6.65. The van der Waals surface area contributed by atoms with Gasteiger partial charge in [0, 0.05) is 25.4 Å². The van der Waals surface area contributed by atoms with Gasteiger partial charge in [-0.1, -0.05) is 6.07 Å². The lowest BCUT2D eigenvalue weighted by molar-refractivity contribution is -0.121. The van der Waals surface area contributed by atoms with Crippen LogP contribution in [0.15, 0.2) is 18.2 Å². The van der Waals surface area contributed by atoms with Crippen LogP contribution in [0.4, 0.5) is 0 Å². The summed E-state index contributed by atoms with van der Waals surface area (Å²) in [5.41, 5.74) is 6.53. The quantitative estimate of drug-likeness (QED) is 0.820. The van der Waals surface area contributed by atoms with E-state index in [9.17, 15) is 4.79 Å². The van der Waals surface area contributed by atoms with Crippen LogP contribution in [0.5, 0.6) is 11.5 Å². The molecular weight excluding hydrogens is 244 g/mol. The number of ether oxygens (including phenoxy) is 2. The molecule has 2 aliphatic heterocycles. The molecule has 2 heterocycles. The Labute approximate surface area is 112 Å². The van der Waals surface area contributed by atoms with Crippen molar-refractivity contribution in [1.82, 2.24) is 5.32 Å². The van der Waals surface area contributed by atoms with Crippen molar-refractivity contribution in [3.05, 3.63) is 23.8 Å². The number of nitrogens with two attached hydrogens (primary N) is 1. The fourth-order valence-electron chi connectivity index (χ4n) is 2.74. The number of fused-ring (bicyclic) bond motifs is 1. The highest BCUT2D eigenvalue weighted by molar-refractivity contribution is 5.78. The average Bonchev–Trinajstić information content (AvgIpc) is 2.78. The van der Waals surface area contributed by atoms with E-state index in [2.05, 4.69) is 5.32 Å². The molecule has 2 unspecified atom stereocenters. The van der Waals surface area contributed by atoms with Crippen LogP contribution >= 0.6 is 0 Å². The molecule has 1 aromatic rings. The molecule has 1 fully saturated rings. The molecule has 1 aromatic carbocycles. The molecule has 3 rings (SSSR count). The fourth-order valence-corrected chi connectivity index (χ4v) is 2.74. The van der Waals surface area contributed by atoms with E-state index in [0.29, 0.717) is 19.8 Å². The van der Waals surface area contributed by atoms with Crippen LogP contribution in [0.25, 0.3) is 0 Å². The van der Waals surface area contributed by atoms with Crippen molar-refractivity contribution in [3.8, 4) is 11.5 Å². The first kappa shape index (κ1) is 12.3. The van der Waals surface area contributed by atoms with E-state index >= 15 is 0 Å². The van der Waals surface area contributed by atoms with Crippen LogP contribution < -0.4 is 20.5 Å². The highest BCUT2D eigenvalue weighted by Gasteiger charge is 2.33. The lowest BCUT2D eigenvalue weighted by Gasteiger charge is -2.17. The van der Waals surface area contributed by atoms with Gasteiger partial charge in [0.25, 0.3) is 0 Å². The molecule has 0 spiro atoms. The first-order chi connectivity index (χ1) is 9.25. The number of rotatable bonds is 2. The van der Waals surface area contributed by atoms with Crippen molar-refractivity contribution >= 4 is 5.91 Å². The molecule has 1 saturated heterocycles. The summed E-state index contributed by atoms with van der Waals surface area (Å²) in [6.45, 7) is 2.77. The number of amides is 1. The highest BCUT2D eigenvalue weighted by Crippen LogP contribution is 2.36. The minimum absolute atomic E-state index is 0.120. The average molecular weight is 262 g/mol. The molecule has 0 aromatic heterocycles. The van der Waals surface area contributed by atoms with Crippen molar-refractivity contribution < 1.29 is 14.3 Å². The summed E-state index contributed by atoms with van der Waals surface area (Å²) in [7, 11) is 0. The molecule has 1 amide bonds. The topological polar surface area (TPSA) is 73.6 Å². The van der Waals surface area contributed by atoms with Gasteiger partial charge >= 0.3 is 0 Å². The maximum atomic E-state index is 11.5. The van der Waals surface area contributed by atoms with Crippen LogP contribution in [-0.4, -0.2) is 32.2 Å². The normalized spacial score (nSPS) is 25.9. The Kier molecular flexibility index (Phi) is 3.29. The molecule has 3 N–H and O–H groups in total. The van der Waals surface area contributed by atoms with Crippen LogP contribution in [0.2, 0.25) is 0 Å². The number of benzene rings is 1. The van der Waals surface area contributed by atoms with E-state index in [1.807, 2.05) is 18.2 Å². The zero-order valence-electron chi connectivity index (χ0n) is 10.7. The largest absolute Gasteiger partial charge is 0.490 e. The molecule has 5 heteroatoms. The molecule has 102 valence electrons. The molecule has 0 radical (unpaired) electrons. The first-order valence-electron chi connectivity index (χ1n) is 6.65. The van der Waals surface area contributed by atoms with Gasteiger partial charge in [0.2, 0.25) is 5.91 Å². The smallest absolute Gasteiger partial charge is 0.222 e. The van der Waals surface area contributed by atoms with Crippen LogP contribution in [-0.2, 0) is 4.79 Å². The van der Waals surface area contributed by atoms with Crippen molar-refractivity contribution in [2.75, 3.05) is 26.3 Å². The Hall–Kier alpha value is -1.75. The van der Waals surface area contributed by atoms with Gasteiger partial charge in [-0.3, -0.25) is 4.79 Å². The molecular formula is C14H18N2O3. The maximum absolute atomic E-state index is 11.5. The van der Waals surface area contributed by atoms with Gasteiger partial charge in [-0.05, 0) is 17.7 Å². The van der Waals surface area contributed by atoms with Crippen molar-refractivity contribution in [1.29, 1.82) is 0 Å². The summed E-state index contributed by atoms with van der Waals surface area (Å²) in [6.07, 6.45) is 0.888. The third-order valence-electron chi connectivity index (χ3n) is 3.78. The second-order valence-electron chi connectivity index (χ2n) is 5.03. The van der Waals surface area contributed by atoms with Crippen LogP contribution in [0.1, 0.15) is 17.9 Å². The van der Waals surface area contributed by atoms with Gasteiger partial charge in [0.15, 0.2) is 11.5 Å². The molecule has 19 heavy (non-hydrogen) atoms. The number of nitrogens with one attached hydrogen (secondary N) is 1. The molecule has 5 nitrogen and oxygen atoms in total. The number of carbonyl (C=O) groups excluding carboxylic acids is 1. The van der Waals surface area contributed by atoms with Crippen molar-refractivity contribution in [3.63, 3.8) is 0 Å². The highest BCUT2D eigenvalue weighted by atomic mass is 16.5. The molecule has 0 saturated carbocycles. The number of carbonyl (C=O) groups is 1. The molecule has 0 bridgehead atoms. The Bertz CT molecular complexity index is 490. The van der Waals surface area contributed by atoms with E-state index in [0.717, 1.165) is 30.0 Å². The lowest BCUT2D eigenvalue weighted by Crippen LogP contribution is -2.28. The maximum Gasteiger partial charge on any atom is 0.222 e. The van der Waals surface area contributed by atoms with Gasteiger partial charge in [0.05, 0.1) is 19.1 Å². The van der Waals surface area contributed by atoms with E-state index in [1.54, 1.807) is 0 Å². The third-order valence-corrected chi connectivity index (χ3v) is 3.78. The zero-order valence-corrected chi connectivity index (χ0v) is 10.7. The van der Waals surface area contributed by atoms with E-state index in [4.69, 9.17) is 15.2 Å². The number of primary amides is 1. The molecule has 0 aliphatic carbocycles. The SMILES string of the molecule is NC(=O)C1CNCC1c1ccc2c(c1)OCCCO2. The Morgan fingerprint density at radius 3 is 2.79 bits per heavy atom. The van der Waals surface area contributed by atoms with Crippen LogP contribution in [0.3, 0.4) is 0 Å². The Morgan fingerprint density at radius 2 is 2.00 bits per heavy atom. The summed E-state index contributed by atoms with van der Waals surface area (Å²) >= 11 is 0. The predicted molar refractivity (Wildman–Crippen MR) is 70.3 cm³/mol. The predicted octanol–water partition coefficient (Wildman–Crippen LogP) is 0.636. The van der Waals surface area contributed by atoms with Gasteiger partial charge in [-0.15, -0.1) is 0 Å². The van der Waals surface area contributed by atoms with Gasteiger partial charge < -0.3 is 20.5 Å². The van der Waals surface area contributed by atoms with Gasteiger partial charge in [-0.25, -0.2) is 0 Å². The molecule has 2 atom stereocenters. The van der Waals surface area contributed by atoms with Crippen molar-refractivity contribution in [2.45, 2.75) is 12.3 Å². The van der Waals surface area contributed by atoms with Gasteiger partial charge in [0.1, 0.15) is 0 Å². The summed E-state index contributed by atoms with van der Waals surface area (Å²) in [5, 5.41) is 3.22. The van der Waals surface area contributed by atoms with E-state index in [1.165, 1.54) is 0 Å². The second-order valence-corrected chi connectivity index (χ2v) is 5.03. The van der Waals surface area contributed by atoms with E-state index in [-0.39, 0.29) is 17.7 Å². The fraction of sp³-hybridized carbons (Fsp3) is 0.500. The minimum atomic E-state index is -0.248. The summed E-state index contributed by atoms with van der Waals surface area (Å²) < 4.78 is 11.3. The lowest BCUT2D eigenvalue weighted by atomic mass is 9.88. The second kappa shape index (κ2) is 5.09. The van der Waals surface area contributed by atoms with Gasteiger partial charge in [-0.2, -0.15) is 0 Å². The number of hydrogen-bond acceptors (Lipinski definition) is 4. The zero-order chi connectivity index (χ0) is 13.2. The number of hydrogen-bond donors (Lipinski definition) is 2.